The van der Waals surface area contributed by atoms with Crippen molar-refractivity contribution in [3.8, 4) is 34.5 Å². The summed E-state index contributed by atoms with van der Waals surface area (Å²) in [7, 11) is -9.41. The first-order valence-corrected chi connectivity index (χ1v) is 21.8. The van der Waals surface area contributed by atoms with Crippen molar-refractivity contribution in [1.82, 2.24) is 0 Å². The second-order valence-corrected chi connectivity index (χ2v) is 16.1. The summed E-state index contributed by atoms with van der Waals surface area (Å²) in [5, 5.41) is 22.6. The van der Waals surface area contributed by atoms with E-state index in [1.807, 2.05) is 6.07 Å². The van der Waals surface area contributed by atoms with Crippen LogP contribution in [0.4, 0.5) is 0 Å². The van der Waals surface area contributed by atoms with Crippen molar-refractivity contribution in [3.63, 3.8) is 0 Å². The van der Waals surface area contributed by atoms with Crippen molar-refractivity contribution in [1.29, 1.82) is 0 Å². The largest absolute Gasteiger partial charge is 2.00 e. The summed E-state index contributed by atoms with van der Waals surface area (Å²) in [4.78, 5) is -1.26. The van der Waals surface area contributed by atoms with E-state index in [1.54, 1.807) is 66.7 Å². The molecule has 0 aliphatic rings. The molecule has 0 aliphatic heterocycles. The Kier molecular flexibility index (Phi) is 22.3. The van der Waals surface area contributed by atoms with Gasteiger partial charge in [-0.05, 0) is 91.1 Å². The molecule has 296 valence electrons. The molecule has 13 heteroatoms. The Morgan fingerprint density at radius 2 is 0.945 bits per heavy atom. The minimum Gasteiger partial charge on any atom is -0.869 e. The zero-order valence-electron chi connectivity index (χ0n) is 32.1. The number of phenolic OH excluding ortho intramolecular Hbond substituents is 1. The summed E-state index contributed by atoms with van der Waals surface area (Å²) < 4.78 is 78.3. The van der Waals surface area contributed by atoms with Crippen LogP contribution in [-0.4, -0.2) is 68.8 Å². The van der Waals surface area contributed by atoms with Crippen LogP contribution in [0, 0.1) is 0 Å². The Morgan fingerprint density at radius 3 is 1.36 bits per heavy atom. The summed E-state index contributed by atoms with van der Waals surface area (Å²) in [6.45, 7) is 4.36. The molecule has 4 rings (SSSR count). The molecule has 0 saturated heterocycles. The molecule has 0 spiro atoms. The van der Waals surface area contributed by atoms with Crippen LogP contribution in [0.15, 0.2) is 94.7 Å². The molecule has 0 radical (unpaired) electrons. The van der Waals surface area contributed by atoms with Gasteiger partial charge in [-0.15, -0.1) is 0 Å². The van der Waals surface area contributed by atoms with Gasteiger partial charge in [-0.25, -0.2) is 8.42 Å². The first kappa shape index (κ1) is 48.3. The molecule has 4 aromatic rings. The van der Waals surface area contributed by atoms with Crippen LogP contribution in [-0.2, 0) is 33.1 Å². The third-order valence-corrected chi connectivity index (χ3v) is 10.5. The van der Waals surface area contributed by atoms with Gasteiger partial charge in [0.2, 0.25) is 0 Å². The molecule has 0 heterocycles. The van der Waals surface area contributed by atoms with E-state index >= 15 is 0 Å². The van der Waals surface area contributed by atoms with Crippen LogP contribution in [0.2, 0.25) is 0 Å². The molecule has 0 amide bonds. The van der Waals surface area contributed by atoms with Crippen LogP contribution in [0.3, 0.4) is 0 Å². The molecule has 2 N–H and O–H groups in total. The monoisotopic (exact) mass is 822 g/mol. The number of rotatable bonds is 22. The molecule has 0 aromatic heterocycles. The van der Waals surface area contributed by atoms with E-state index in [9.17, 15) is 36.2 Å². The van der Waals surface area contributed by atoms with E-state index < -0.39 is 41.5 Å². The maximum absolute atomic E-state index is 12.3. The third-order valence-electron chi connectivity index (χ3n) is 8.81. The Labute approximate surface area is 357 Å². The van der Waals surface area contributed by atoms with Crippen molar-refractivity contribution in [3.05, 3.63) is 96.1 Å². The van der Waals surface area contributed by atoms with Gasteiger partial charge >= 0.3 is 37.7 Å². The molecular formula is C42H54CaO10S2. The number of aryl methyl sites for hydroxylation is 2. The molecule has 0 saturated carbocycles. The first-order valence-electron chi connectivity index (χ1n) is 18.9. The smallest absolute Gasteiger partial charge is 0.869 e. The number of aromatic hydroxyl groups is 1. The van der Waals surface area contributed by atoms with Crippen LogP contribution in [0.1, 0.15) is 115 Å². The summed E-state index contributed by atoms with van der Waals surface area (Å²) in [5.74, 6) is -0.689. The fraction of sp³-hybridized carbons (Fsp3) is 0.429. The number of hydrogen-bond donors (Lipinski definition) is 2. The van der Waals surface area contributed by atoms with Crippen LogP contribution in [0.25, 0.3) is 0 Å². The molecule has 10 nitrogen and oxygen atoms in total. The average Bonchev–Trinajstić information content (AvgIpc) is 3.13. The Hall–Kier alpha value is -2.84. The quantitative estimate of drug-likeness (QED) is 0.0441. The van der Waals surface area contributed by atoms with E-state index in [0.717, 1.165) is 38.5 Å². The molecule has 0 bridgehead atoms. The van der Waals surface area contributed by atoms with Gasteiger partial charge in [0.1, 0.15) is 32.3 Å². The van der Waals surface area contributed by atoms with E-state index in [4.69, 9.17) is 9.47 Å². The van der Waals surface area contributed by atoms with Crippen molar-refractivity contribution in [2.24, 2.45) is 0 Å². The second kappa shape index (κ2) is 25.4. The van der Waals surface area contributed by atoms with Gasteiger partial charge in [0.05, 0.1) is 4.90 Å². The van der Waals surface area contributed by atoms with Crippen molar-refractivity contribution < 1.29 is 45.6 Å². The Bertz CT molecular complexity index is 1780. The van der Waals surface area contributed by atoms with Crippen molar-refractivity contribution in [2.75, 3.05) is 0 Å². The van der Waals surface area contributed by atoms with Gasteiger partial charge in [0.25, 0.3) is 10.1 Å². The molecular weight excluding hydrogens is 769 g/mol. The fourth-order valence-corrected chi connectivity index (χ4v) is 7.16. The number of hydrogen-bond acceptors (Lipinski definition) is 9. The third kappa shape index (κ3) is 17.9. The zero-order chi connectivity index (χ0) is 39.4. The molecule has 0 unspecified atom stereocenters. The van der Waals surface area contributed by atoms with Crippen LogP contribution < -0.4 is 14.6 Å². The Morgan fingerprint density at radius 1 is 0.564 bits per heavy atom. The first-order chi connectivity index (χ1) is 25.8. The minimum atomic E-state index is -4.86. The standard InChI is InChI=1S/2C21H28O5S.Ca/c2*1-2-3-4-5-6-7-9-12-17-15-19(26-18-13-10-8-11-14-18)21(22)20(16-17)27(23,24)25;/h2*8,10-11,13-16,22H,2-7,9,12H2,1H3,(H,23,24,25);/q;;+2/p-2. The topological polar surface area (TPSA) is 173 Å². The van der Waals surface area contributed by atoms with Crippen molar-refractivity contribution >= 4 is 58.0 Å². The van der Waals surface area contributed by atoms with Crippen LogP contribution >= 0.6 is 0 Å². The molecule has 0 fully saturated rings. The number of unbranched alkanes of at least 4 members (excludes halogenated alkanes) is 12. The van der Waals surface area contributed by atoms with E-state index in [-0.39, 0.29) is 49.2 Å². The number of ether oxygens (including phenoxy) is 2. The minimum absolute atomic E-state index is 0. The number of phenols is 1. The van der Waals surface area contributed by atoms with E-state index in [0.29, 0.717) is 35.5 Å². The maximum Gasteiger partial charge on any atom is 2.00 e. The van der Waals surface area contributed by atoms with Crippen molar-refractivity contribution in [2.45, 2.75) is 126 Å². The predicted octanol–water partition coefficient (Wildman–Crippen LogP) is 10.1. The van der Waals surface area contributed by atoms with Crippen LogP contribution in [0.5, 0.6) is 34.5 Å². The number of benzene rings is 4. The fourth-order valence-electron chi connectivity index (χ4n) is 5.90. The SMILES string of the molecule is CCCCCCCCCc1cc(Oc2ccccc2)c(O)c(S(=O)(=O)O)c1.CCCCCCCCCc1cc(Oc2ccccc2)c([O-])c(S(=O)(=O)[O-])c1.[Ca+2]. The summed E-state index contributed by atoms with van der Waals surface area (Å²) in [5.41, 5.74) is 1.34. The summed E-state index contributed by atoms with van der Waals surface area (Å²) >= 11 is 0. The van der Waals surface area contributed by atoms with Gasteiger partial charge in [-0.1, -0.05) is 127 Å². The van der Waals surface area contributed by atoms with Gasteiger partial charge in [-0.3, -0.25) is 4.55 Å². The molecule has 0 aliphatic carbocycles. The summed E-state index contributed by atoms with van der Waals surface area (Å²) in [6.07, 6.45) is 17.2. The van der Waals surface area contributed by atoms with Gasteiger partial charge in [-0.2, -0.15) is 8.42 Å². The van der Waals surface area contributed by atoms with Gasteiger partial charge in [0, 0.05) is 0 Å². The zero-order valence-corrected chi connectivity index (χ0v) is 35.9. The molecule has 4 aromatic carbocycles. The average molecular weight is 823 g/mol. The predicted molar refractivity (Wildman–Crippen MR) is 214 cm³/mol. The van der Waals surface area contributed by atoms with E-state index in [2.05, 4.69) is 13.8 Å². The second-order valence-electron chi connectivity index (χ2n) is 13.4. The summed E-state index contributed by atoms with van der Waals surface area (Å²) in [6, 6.07) is 23.1. The van der Waals surface area contributed by atoms with Gasteiger partial charge < -0.3 is 24.2 Å². The van der Waals surface area contributed by atoms with E-state index in [1.165, 1.54) is 63.5 Å². The Balaban J connectivity index is 0.000000373. The normalized spacial score (nSPS) is 11.3. The number of para-hydroxylation sites is 2. The molecule has 0 atom stereocenters. The molecule has 55 heavy (non-hydrogen) atoms. The van der Waals surface area contributed by atoms with Gasteiger partial charge in [0.15, 0.2) is 11.5 Å². The maximum atomic E-state index is 12.3.